The molecule has 1 aromatic carbocycles. The molecule has 2 aromatic rings. The minimum Gasteiger partial charge on any atom is -0.481 e. The standard InChI is InChI=1S/C14H14ClNO2/c15-9-3-4-10-12(7-16-13(10)5-9)11(6-14(17)18)8-1-2-8/h3-5,7-8,11,16H,1-2,6H2,(H,17,18). The summed E-state index contributed by atoms with van der Waals surface area (Å²) < 4.78 is 0. The van der Waals surface area contributed by atoms with E-state index in [9.17, 15) is 4.79 Å². The van der Waals surface area contributed by atoms with Gasteiger partial charge in [-0.15, -0.1) is 0 Å². The average Bonchev–Trinajstić information content (AvgIpc) is 3.07. The van der Waals surface area contributed by atoms with Crippen LogP contribution in [0.15, 0.2) is 24.4 Å². The first kappa shape index (κ1) is 11.6. The Kier molecular flexibility index (Phi) is 2.78. The number of aromatic nitrogens is 1. The summed E-state index contributed by atoms with van der Waals surface area (Å²) >= 11 is 5.95. The molecule has 0 aliphatic heterocycles. The number of nitrogens with one attached hydrogen (secondary N) is 1. The highest BCUT2D eigenvalue weighted by atomic mass is 35.5. The Labute approximate surface area is 110 Å². The third-order valence-corrected chi connectivity index (χ3v) is 3.90. The number of benzene rings is 1. The molecule has 3 nitrogen and oxygen atoms in total. The second-order valence-corrected chi connectivity index (χ2v) is 5.41. The van der Waals surface area contributed by atoms with Gasteiger partial charge in [0.2, 0.25) is 0 Å². The zero-order valence-corrected chi connectivity index (χ0v) is 10.6. The number of fused-ring (bicyclic) bond motifs is 1. The van der Waals surface area contributed by atoms with Crippen molar-refractivity contribution in [2.45, 2.75) is 25.2 Å². The highest BCUT2D eigenvalue weighted by molar-refractivity contribution is 6.31. The fourth-order valence-electron chi connectivity index (χ4n) is 2.64. The van der Waals surface area contributed by atoms with Crippen LogP contribution in [0.1, 0.15) is 30.7 Å². The van der Waals surface area contributed by atoms with Crippen molar-refractivity contribution in [3.8, 4) is 0 Å². The van der Waals surface area contributed by atoms with E-state index in [-0.39, 0.29) is 12.3 Å². The fourth-order valence-corrected chi connectivity index (χ4v) is 2.82. The lowest BCUT2D eigenvalue weighted by atomic mass is 9.91. The molecular formula is C14H14ClNO2. The van der Waals surface area contributed by atoms with Crippen molar-refractivity contribution >= 4 is 28.5 Å². The molecule has 2 N–H and O–H groups in total. The van der Waals surface area contributed by atoms with Crippen molar-refractivity contribution in [2.75, 3.05) is 0 Å². The van der Waals surface area contributed by atoms with E-state index >= 15 is 0 Å². The Morgan fingerprint density at radius 2 is 2.28 bits per heavy atom. The van der Waals surface area contributed by atoms with E-state index < -0.39 is 5.97 Å². The number of H-pyrrole nitrogens is 1. The minimum absolute atomic E-state index is 0.123. The number of aliphatic carboxylic acids is 1. The summed E-state index contributed by atoms with van der Waals surface area (Å²) in [5.41, 5.74) is 2.10. The van der Waals surface area contributed by atoms with E-state index in [1.807, 2.05) is 24.4 Å². The van der Waals surface area contributed by atoms with Crippen LogP contribution in [0.5, 0.6) is 0 Å². The van der Waals surface area contributed by atoms with E-state index in [4.69, 9.17) is 16.7 Å². The fraction of sp³-hybridized carbons (Fsp3) is 0.357. The zero-order valence-electron chi connectivity index (χ0n) is 9.82. The molecule has 18 heavy (non-hydrogen) atoms. The highest BCUT2D eigenvalue weighted by Crippen LogP contribution is 2.46. The van der Waals surface area contributed by atoms with Crippen molar-refractivity contribution in [3.63, 3.8) is 0 Å². The molecule has 1 heterocycles. The third kappa shape index (κ3) is 2.10. The molecule has 1 atom stereocenters. The summed E-state index contributed by atoms with van der Waals surface area (Å²) in [7, 11) is 0. The van der Waals surface area contributed by atoms with Gasteiger partial charge in [0.05, 0.1) is 6.42 Å². The molecule has 94 valence electrons. The molecule has 1 aliphatic carbocycles. The van der Waals surface area contributed by atoms with Gasteiger partial charge in [-0.2, -0.15) is 0 Å². The first-order chi connectivity index (χ1) is 8.65. The van der Waals surface area contributed by atoms with Crippen LogP contribution in [0, 0.1) is 5.92 Å². The Hall–Kier alpha value is -1.48. The van der Waals surface area contributed by atoms with Crippen molar-refractivity contribution in [1.29, 1.82) is 0 Å². The lowest BCUT2D eigenvalue weighted by molar-refractivity contribution is -0.137. The first-order valence-electron chi connectivity index (χ1n) is 6.13. The molecule has 0 amide bonds. The maximum atomic E-state index is 11.0. The molecule has 1 fully saturated rings. The smallest absolute Gasteiger partial charge is 0.303 e. The molecule has 0 saturated heterocycles. The van der Waals surface area contributed by atoms with Crippen LogP contribution in [-0.4, -0.2) is 16.1 Å². The van der Waals surface area contributed by atoms with Gasteiger partial charge in [-0.1, -0.05) is 17.7 Å². The maximum absolute atomic E-state index is 11.0. The van der Waals surface area contributed by atoms with Gasteiger partial charge in [-0.05, 0) is 42.4 Å². The molecule has 0 radical (unpaired) electrons. The van der Waals surface area contributed by atoms with Crippen LogP contribution in [0.2, 0.25) is 5.02 Å². The van der Waals surface area contributed by atoms with Gasteiger partial charge in [0, 0.05) is 22.1 Å². The van der Waals surface area contributed by atoms with Crippen LogP contribution in [0.4, 0.5) is 0 Å². The third-order valence-electron chi connectivity index (χ3n) is 3.66. The predicted molar refractivity (Wildman–Crippen MR) is 71.0 cm³/mol. The Balaban J connectivity index is 2.03. The number of hydrogen-bond acceptors (Lipinski definition) is 1. The lowest BCUT2D eigenvalue weighted by Gasteiger charge is -2.13. The molecule has 0 spiro atoms. The van der Waals surface area contributed by atoms with Crippen LogP contribution in [-0.2, 0) is 4.79 Å². The van der Waals surface area contributed by atoms with Crippen LogP contribution < -0.4 is 0 Å². The lowest BCUT2D eigenvalue weighted by Crippen LogP contribution is -2.07. The van der Waals surface area contributed by atoms with Gasteiger partial charge >= 0.3 is 5.97 Å². The van der Waals surface area contributed by atoms with Gasteiger partial charge in [-0.3, -0.25) is 4.79 Å². The summed E-state index contributed by atoms with van der Waals surface area (Å²) in [5, 5.41) is 10.8. The zero-order chi connectivity index (χ0) is 12.7. The molecule has 1 unspecified atom stereocenters. The Morgan fingerprint density at radius 1 is 1.50 bits per heavy atom. The van der Waals surface area contributed by atoms with E-state index in [0.717, 1.165) is 29.3 Å². The largest absolute Gasteiger partial charge is 0.481 e. The summed E-state index contributed by atoms with van der Waals surface area (Å²) in [4.78, 5) is 14.2. The molecule has 0 bridgehead atoms. The monoisotopic (exact) mass is 263 g/mol. The second kappa shape index (κ2) is 4.32. The molecular weight excluding hydrogens is 250 g/mol. The van der Waals surface area contributed by atoms with Gasteiger partial charge in [0.1, 0.15) is 0 Å². The molecule has 1 saturated carbocycles. The number of aromatic amines is 1. The predicted octanol–water partition coefficient (Wildman–Crippen LogP) is 3.79. The molecule has 1 aliphatic rings. The average molecular weight is 264 g/mol. The minimum atomic E-state index is -0.727. The molecule has 3 rings (SSSR count). The van der Waals surface area contributed by atoms with Gasteiger partial charge in [0.15, 0.2) is 0 Å². The van der Waals surface area contributed by atoms with Crippen LogP contribution in [0.3, 0.4) is 0 Å². The van der Waals surface area contributed by atoms with Gasteiger partial charge in [-0.25, -0.2) is 0 Å². The van der Waals surface area contributed by atoms with Crippen molar-refractivity contribution in [2.24, 2.45) is 5.92 Å². The van der Waals surface area contributed by atoms with Crippen LogP contribution in [0.25, 0.3) is 10.9 Å². The second-order valence-electron chi connectivity index (χ2n) is 4.98. The first-order valence-corrected chi connectivity index (χ1v) is 6.51. The van der Waals surface area contributed by atoms with Gasteiger partial charge < -0.3 is 10.1 Å². The molecule has 1 aromatic heterocycles. The van der Waals surface area contributed by atoms with Gasteiger partial charge in [0.25, 0.3) is 0 Å². The topological polar surface area (TPSA) is 53.1 Å². The maximum Gasteiger partial charge on any atom is 0.303 e. The van der Waals surface area contributed by atoms with E-state index in [1.165, 1.54) is 0 Å². The highest BCUT2D eigenvalue weighted by Gasteiger charge is 2.34. The summed E-state index contributed by atoms with van der Waals surface area (Å²) in [5.74, 6) is -0.0802. The number of carboxylic acids is 1. The van der Waals surface area contributed by atoms with E-state index in [0.29, 0.717) is 10.9 Å². The summed E-state index contributed by atoms with van der Waals surface area (Å²) in [6.07, 6.45) is 4.42. The van der Waals surface area contributed by atoms with Crippen molar-refractivity contribution in [3.05, 3.63) is 35.0 Å². The number of halogens is 1. The normalized spacial score (nSPS) is 16.9. The molecule has 4 heteroatoms. The van der Waals surface area contributed by atoms with E-state index in [2.05, 4.69) is 4.98 Å². The Morgan fingerprint density at radius 3 is 2.94 bits per heavy atom. The number of carbonyl (C=O) groups is 1. The Bertz CT molecular complexity index is 601. The van der Waals surface area contributed by atoms with Crippen molar-refractivity contribution < 1.29 is 9.90 Å². The quantitative estimate of drug-likeness (QED) is 0.882. The SMILES string of the molecule is O=C(O)CC(c1c[nH]c2cc(Cl)ccc12)C1CC1. The number of rotatable bonds is 4. The van der Waals surface area contributed by atoms with E-state index in [1.54, 1.807) is 0 Å². The number of hydrogen-bond donors (Lipinski definition) is 2. The van der Waals surface area contributed by atoms with Crippen LogP contribution >= 0.6 is 11.6 Å². The summed E-state index contributed by atoms with van der Waals surface area (Å²) in [6.45, 7) is 0. The number of carboxylic acid groups (broad SMARTS) is 1. The summed E-state index contributed by atoms with van der Waals surface area (Å²) in [6, 6.07) is 5.71. The van der Waals surface area contributed by atoms with Crippen molar-refractivity contribution in [1.82, 2.24) is 4.98 Å².